The number of aliphatic imine (C=N–C) groups is 2. The Morgan fingerprint density at radius 2 is 1.40 bits per heavy atom. The summed E-state index contributed by atoms with van der Waals surface area (Å²) < 4.78 is 94.6. The van der Waals surface area contributed by atoms with Crippen molar-refractivity contribution < 1.29 is 94.3 Å². The lowest BCUT2D eigenvalue weighted by Gasteiger charge is -2.28. The first-order valence-corrected chi connectivity index (χ1v) is 16.1. The number of nitrogens with two attached hydrogens (primary N) is 2. The molecule has 1 aromatic carbocycles. The van der Waals surface area contributed by atoms with Gasteiger partial charge < -0.3 is 39.9 Å². The molecule has 3 aliphatic heterocycles. The molecule has 55 heavy (non-hydrogen) atoms. The lowest BCUT2D eigenvalue weighted by molar-refractivity contribution is -0.900. The molecule has 0 saturated heterocycles. The number of quaternary nitrogens is 3. The van der Waals surface area contributed by atoms with Crippen molar-refractivity contribution in [2.75, 3.05) is 13.6 Å². The van der Waals surface area contributed by atoms with Crippen molar-refractivity contribution in [2.45, 2.75) is 82.5 Å². The molecule has 14 nitrogen and oxygen atoms in total. The molecule has 4 rings (SSSR count). The topological polar surface area (TPSA) is 229 Å². The molecular formula is C32H37F9N6O8. The van der Waals surface area contributed by atoms with Crippen LogP contribution in [-0.4, -0.2) is 86.0 Å². The molecule has 6 N–H and O–H groups in total. The fourth-order valence-corrected chi connectivity index (χ4v) is 4.80. The number of nitrogens with zero attached hydrogens (tertiary/aromatic N) is 2. The van der Waals surface area contributed by atoms with E-state index in [9.17, 15) is 49.1 Å². The Morgan fingerprint density at radius 1 is 0.873 bits per heavy atom. The van der Waals surface area contributed by atoms with E-state index >= 15 is 0 Å². The highest BCUT2D eigenvalue weighted by atomic mass is 19.4. The predicted octanol–water partition coefficient (Wildman–Crippen LogP) is -2.63. The van der Waals surface area contributed by atoms with E-state index in [-0.39, 0.29) is 18.0 Å². The quantitative estimate of drug-likeness (QED) is 0.136. The molecule has 0 aliphatic carbocycles. The minimum Gasteiger partial charge on any atom is -0.542 e. The van der Waals surface area contributed by atoms with Crippen molar-refractivity contribution in [3.05, 3.63) is 53.5 Å². The first kappa shape index (κ1) is 47.9. The molecule has 0 radical (unpaired) electrons. The smallest absolute Gasteiger partial charge is 0.430 e. The molecule has 3 atom stereocenters. The van der Waals surface area contributed by atoms with Gasteiger partial charge in [-0.2, -0.15) is 39.5 Å². The molecule has 1 aromatic rings. The van der Waals surface area contributed by atoms with Gasteiger partial charge in [-0.25, -0.2) is 9.98 Å². The number of alkyl halides is 9. The fourth-order valence-electron chi connectivity index (χ4n) is 4.80. The highest BCUT2D eigenvalue weighted by molar-refractivity contribution is 5.91. The van der Waals surface area contributed by atoms with Gasteiger partial charge in [0.1, 0.15) is 35.4 Å². The molecule has 0 saturated carbocycles. The van der Waals surface area contributed by atoms with Gasteiger partial charge in [0.25, 0.3) is 5.91 Å². The Morgan fingerprint density at radius 3 is 1.89 bits per heavy atom. The number of likely N-dealkylation sites (N-methyl/N-ethyl adjacent to an activating group) is 1. The van der Waals surface area contributed by atoms with Gasteiger partial charge in [0, 0.05) is 18.4 Å². The van der Waals surface area contributed by atoms with Crippen molar-refractivity contribution in [3.63, 3.8) is 0 Å². The van der Waals surface area contributed by atoms with Crippen LogP contribution in [0.3, 0.4) is 0 Å². The Labute approximate surface area is 306 Å². The van der Waals surface area contributed by atoms with E-state index in [1.165, 1.54) is 10.6 Å². The lowest BCUT2D eigenvalue weighted by Crippen LogP contribution is -3.17. The maximum absolute atomic E-state index is 13.4. The Bertz CT molecular complexity index is 1570. The van der Waals surface area contributed by atoms with Gasteiger partial charge in [-0.1, -0.05) is 38.0 Å². The van der Waals surface area contributed by atoms with E-state index in [0.717, 1.165) is 55.0 Å². The highest BCUT2D eigenvalue weighted by Crippen LogP contribution is 2.16. The van der Waals surface area contributed by atoms with Crippen LogP contribution in [0.4, 0.5) is 39.5 Å². The van der Waals surface area contributed by atoms with Gasteiger partial charge in [0.15, 0.2) is 30.3 Å². The minimum atomic E-state index is -5.19. The number of carbonyl (C=O) groups excluding carboxylic acids is 5. The van der Waals surface area contributed by atoms with E-state index in [2.05, 4.69) is 40.1 Å². The van der Waals surface area contributed by atoms with Crippen LogP contribution < -0.4 is 36.2 Å². The zero-order valence-electron chi connectivity index (χ0n) is 29.1. The summed E-state index contributed by atoms with van der Waals surface area (Å²) in [5, 5.41) is 33.8. The summed E-state index contributed by atoms with van der Waals surface area (Å²) in [6.45, 7) is 2.73. The number of ketones is 1. The maximum atomic E-state index is 13.4. The molecule has 3 aliphatic rings. The Hall–Kier alpha value is -5.16. The van der Waals surface area contributed by atoms with Crippen LogP contribution in [0, 0.1) is 0 Å². The number of amidine groups is 1. The van der Waals surface area contributed by atoms with Gasteiger partial charge in [0.2, 0.25) is 5.84 Å². The van der Waals surface area contributed by atoms with Crippen molar-refractivity contribution in [1.29, 1.82) is 0 Å². The van der Waals surface area contributed by atoms with E-state index in [1.807, 2.05) is 37.7 Å². The molecule has 306 valence electrons. The number of unbranched alkanes of at least 4 members (excludes halogenated alkanes) is 2. The first-order chi connectivity index (χ1) is 25.4. The van der Waals surface area contributed by atoms with Crippen LogP contribution in [0.1, 0.15) is 57.4 Å². The predicted molar refractivity (Wildman–Crippen MR) is 165 cm³/mol. The number of rotatable bonds is 11. The normalized spacial score (nSPS) is 18.1. The molecule has 0 aromatic heterocycles. The third kappa shape index (κ3) is 17.7. The highest BCUT2D eigenvalue weighted by Gasteiger charge is 2.39. The largest absolute Gasteiger partial charge is 0.542 e. The Balaban J connectivity index is 0.000000588. The van der Waals surface area contributed by atoms with Gasteiger partial charge in [-0.3, -0.25) is 20.2 Å². The zero-order valence-corrected chi connectivity index (χ0v) is 29.1. The lowest BCUT2D eigenvalue weighted by atomic mass is 10.0. The molecule has 0 bridgehead atoms. The second-order valence-electron chi connectivity index (χ2n) is 11.8. The van der Waals surface area contributed by atoms with Crippen molar-refractivity contribution in [1.82, 2.24) is 5.32 Å². The van der Waals surface area contributed by atoms with E-state index < -0.39 is 36.4 Å². The molecule has 0 fully saturated rings. The Kier molecular flexibility index (Phi) is 18.8. The average molecular weight is 805 g/mol. The average Bonchev–Trinajstić information content (AvgIpc) is 3.77. The van der Waals surface area contributed by atoms with Crippen LogP contribution in [0.2, 0.25) is 0 Å². The number of Topliss-reactive ketones (excluding diaryl/α,β-unsaturated/α-hetero) is 1. The molecule has 1 amide bonds. The summed E-state index contributed by atoms with van der Waals surface area (Å²) in [5.74, 6) is -7.75. The minimum absolute atomic E-state index is 0.0570. The van der Waals surface area contributed by atoms with E-state index in [0.29, 0.717) is 25.0 Å². The third-order valence-corrected chi connectivity index (χ3v) is 7.63. The molecule has 0 spiro atoms. The number of hydrogen-bond acceptors (Lipinski definition) is 10. The van der Waals surface area contributed by atoms with Crippen molar-refractivity contribution >= 4 is 47.5 Å². The summed E-state index contributed by atoms with van der Waals surface area (Å²) in [7, 11) is 2.08. The zero-order chi connectivity index (χ0) is 42.1. The monoisotopic (exact) mass is 804 g/mol. The number of halogens is 9. The van der Waals surface area contributed by atoms with Gasteiger partial charge in [-0.15, -0.1) is 0 Å². The maximum Gasteiger partial charge on any atom is 0.430 e. The van der Waals surface area contributed by atoms with Crippen LogP contribution in [0.25, 0.3) is 5.70 Å². The fraction of sp³-hybridized carbons (Fsp3) is 0.469. The second kappa shape index (κ2) is 21.7. The van der Waals surface area contributed by atoms with Crippen LogP contribution in [0.15, 0.2) is 57.9 Å². The summed E-state index contributed by atoms with van der Waals surface area (Å²) in [4.78, 5) is 61.7. The van der Waals surface area contributed by atoms with Crippen molar-refractivity contribution in [2.24, 2.45) is 9.98 Å². The molecular weight excluding hydrogens is 767 g/mol. The number of hydrogen-bond donors (Lipinski definition) is 4. The number of aliphatic carboxylic acids is 3. The van der Waals surface area contributed by atoms with E-state index in [1.54, 1.807) is 0 Å². The number of amides is 1. The summed E-state index contributed by atoms with van der Waals surface area (Å²) in [6, 6.07) is 9.89. The molecule has 2 unspecified atom stereocenters. The third-order valence-electron chi connectivity index (χ3n) is 7.63. The second-order valence-corrected chi connectivity index (χ2v) is 11.8. The standard InChI is InChI=1S/C26H34N6O2.3C2HF3O2/c1-3-19(33)12-8-5-9-13-20(25-27-15-22(30-25)18-10-6-4-7-11-18)31-26(34)24-14-21-23(16-32(24)2)29-17-28-21;3*3-2(4,5)1(6)7/h4,6-7,10-11,15,17,20,24H,3,5,8-9,12-14,16H2,1-2H3,(H,27,30)(H,28,29)(H,31,34);3*(H,6,7)/t20-,24?;;;/m0.../s1. The molecule has 3 heterocycles. The number of carbonyl (C=O) groups is 5. The molecule has 23 heteroatoms. The summed E-state index contributed by atoms with van der Waals surface area (Å²) in [6.07, 6.45) is -6.32. The number of benzene rings is 1. The van der Waals surface area contributed by atoms with Crippen LogP contribution in [-0.2, 0) is 24.0 Å². The number of carboxylic acids is 3. The first-order valence-electron chi connectivity index (χ1n) is 16.1. The van der Waals surface area contributed by atoms with Crippen LogP contribution >= 0.6 is 0 Å². The number of carboxylic acid groups (broad SMARTS) is 3. The number of nitrogens with one attached hydrogen (secondary N) is 2. The van der Waals surface area contributed by atoms with E-state index in [4.69, 9.17) is 34.7 Å². The van der Waals surface area contributed by atoms with Gasteiger partial charge in [0.05, 0.1) is 19.7 Å². The summed E-state index contributed by atoms with van der Waals surface area (Å²) in [5.41, 5.74) is 4.47. The van der Waals surface area contributed by atoms with Gasteiger partial charge >= 0.3 is 18.5 Å². The SMILES string of the molecule is CCC(=O)CCCCC[C@H](NC(=O)C1CC2=C(C[NH+]1C)[NH2+]C=N2)C1=NC=C(c2ccccc2)[NH2+]1.O=C([O-])C(F)(F)F.O=C([O-])C(F)(F)F.O=C([O-])C(F)(F)F. The van der Waals surface area contributed by atoms with Crippen LogP contribution in [0.5, 0.6) is 0 Å². The van der Waals surface area contributed by atoms with Gasteiger partial charge in [-0.05, 0) is 25.0 Å². The van der Waals surface area contributed by atoms with Crippen molar-refractivity contribution in [3.8, 4) is 0 Å². The summed E-state index contributed by atoms with van der Waals surface area (Å²) >= 11 is 0.